The van der Waals surface area contributed by atoms with Crippen molar-refractivity contribution < 1.29 is 31.1 Å². The third-order valence-electron chi connectivity index (χ3n) is 3.30. The maximum atomic E-state index is 13.3. The molecule has 0 aliphatic carbocycles. The molecule has 12 heteroatoms. The summed E-state index contributed by atoms with van der Waals surface area (Å²) in [5, 5.41) is 1.15. The van der Waals surface area contributed by atoms with Crippen molar-refractivity contribution in [2.24, 2.45) is 0 Å². The predicted octanol–water partition coefficient (Wildman–Crippen LogP) is 3.48. The van der Waals surface area contributed by atoms with Gasteiger partial charge in [-0.1, -0.05) is 0 Å². The number of carbonyl (C=O) groups excluding carboxylic acids is 1. The molecule has 0 bridgehead atoms. The van der Waals surface area contributed by atoms with Gasteiger partial charge in [0, 0.05) is 12.6 Å². The van der Waals surface area contributed by atoms with E-state index in [4.69, 9.17) is 11.6 Å². The molecule has 0 saturated carbocycles. The zero-order valence-corrected chi connectivity index (χ0v) is 13.8. The Hall–Kier alpha value is -1.36. The molecule has 2 rings (SSSR count). The molecule has 140 valence electrons. The fourth-order valence-corrected chi connectivity index (χ4v) is 3.74. The molecule has 2 heterocycles. The van der Waals surface area contributed by atoms with Crippen molar-refractivity contribution in [1.82, 2.24) is 4.57 Å². The SMILES string of the molecule is O=C(Nc1cc(C(F)(F)F)c(=O)n(CC(F)F)c1)C1CC(F)C(Cl)S1. The van der Waals surface area contributed by atoms with Gasteiger partial charge in [0.25, 0.3) is 12.0 Å². The van der Waals surface area contributed by atoms with Crippen LogP contribution in [0.2, 0.25) is 0 Å². The van der Waals surface area contributed by atoms with Gasteiger partial charge in [-0.3, -0.25) is 9.59 Å². The first-order valence-corrected chi connectivity index (χ1v) is 8.21. The van der Waals surface area contributed by atoms with Gasteiger partial charge in [-0.05, 0) is 6.07 Å². The van der Waals surface area contributed by atoms with Crippen LogP contribution in [-0.4, -0.2) is 33.0 Å². The zero-order valence-electron chi connectivity index (χ0n) is 12.2. The largest absolute Gasteiger partial charge is 0.421 e. The third-order valence-corrected chi connectivity index (χ3v) is 5.18. The summed E-state index contributed by atoms with van der Waals surface area (Å²) in [6.45, 7) is -1.26. The van der Waals surface area contributed by atoms with Gasteiger partial charge in [-0.2, -0.15) is 13.2 Å². The number of nitrogens with zero attached hydrogens (tertiary/aromatic N) is 1. The van der Waals surface area contributed by atoms with Crippen LogP contribution in [0, 0.1) is 0 Å². The standard InChI is InChI=1S/C13H11ClF6N2O2S/c14-10-7(15)2-8(25-10)11(23)21-5-1-6(13(18,19)20)12(24)22(3-5)4-9(16)17/h1,3,7-10H,2,4H2,(H,21,23). The minimum Gasteiger partial charge on any atom is -0.324 e. The lowest BCUT2D eigenvalue weighted by atomic mass is 10.2. The van der Waals surface area contributed by atoms with Crippen LogP contribution in [0.25, 0.3) is 0 Å². The molecule has 1 aliphatic heterocycles. The van der Waals surface area contributed by atoms with Gasteiger partial charge in [0.1, 0.15) is 16.4 Å². The molecule has 1 fully saturated rings. The molecule has 1 aliphatic rings. The summed E-state index contributed by atoms with van der Waals surface area (Å²) in [6, 6.07) is 0.354. The Morgan fingerprint density at radius 3 is 2.56 bits per heavy atom. The molecule has 0 spiro atoms. The van der Waals surface area contributed by atoms with Crippen molar-refractivity contribution in [3.63, 3.8) is 0 Å². The van der Waals surface area contributed by atoms with Gasteiger partial charge in [-0.25, -0.2) is 13.2 Å². The van der Waals surface area contributed by atoms with Gasteiger partial charge in [0.05, 0.1) is 17.5 Å². The second kappa shape index (κ2) is 7.48. The molecule has 1 amide bonds. The molecule has 1 N–H and O–H groups in total. The van der Waals surface area contributed by atoms with Crippen molar-refractivity contribution in [3.8, 4) is 0 Å². The summed E-state index contributed by atoms with van der Waals surface area (Å²) in [7, 11) is 0. The van der Waals surface area contributed by atoms with Crippen molar-refractivity contribution in [2.75, 3.05) is 5.32 Å². The Labute approximate surface area is 146 Å². The van der Waals surface area contributed by atoms with Crippen LogP contribution < -0.4 is 10.9 Å². The molecule has 25 heavy (non-hydrogen) atoms. The van der Waals surface area contributed by atoms with Crippen LogP contribution in [0.3, 0.4) is 0 Å². The molecule has 4 nitrogen and oxygen atoms in total. The van der Waals surface area contributed by atoms with E-state index in [1.165, 1.54) is 0 Å². The molecule has 1 aromatic heterocycles. The number of hydrogen-bond acceptors (Lipinski definition) is 3. The minimum absolute atomic E-state index is 0.174. The van der Waals surface area contributed by atoms with Crippen LogP contribution in [-0.2, 0) is 17.5 Å². The average Bonchev–Trinajstić information content (AvgIpc) is 2.80. The number of nitrogens with one attached hydrogen (secondary N) is 1. The topological polar surface area (TPSA) is 51.1 Å². The van der Waals surface area contributed by atoms with Crippen molar-refractivity contribution in [2.45, 2.75) is 41.7 Å². The van der Waals surface area contributed by atoms with E-state index in [0.29, 0.717) is 12.3 Å². The van der Waals surface area contributed by atoms with Crippen LogP contribution in [0.4, 0.5) is 32.0 Å². The van der Waals surface area contributed by atoms with Gasteiger partial charge in [0.15, 0.2) is 0 Å². The second-order valence-corrected chi connectivity index (χ2v) is 7.28. The highest BCUT2D eigenvalue weighted by molar-refractivity contribution is 8.02. The van der Waals surface area contributed by atoms with Gasteiger partial charge in [0.2, 0.25) is 5.91 Å². The summed E-state index contributed by atoms with van der Waals surface area (Å²) in [6.07, 6.45) is -9.16. The fourth-order valence-electron chi connectivity index (χ4n) is 2.19. The number of alkyl halides is 7. The van der Waals surface area contributed by atoms with Crippen LogP contribution in [0.5, 0.6) is 0 Å². The number of amides is 1. The molecule has 1 saturated heterocycles. The van der Waals surface area contributed by atoms with E-state index in [2.05, 4.69) is 5.32 Å². The van der Waals surface area contributed by atoms with Gasteiger partial charge >= 0.3 is 6.18 Å². The highest BCUT2D eigenvalue weighted by Crippen LogP contribution is 2.39. The van der Waals surface area contributed by atoms with E-state index in [1.807, 2.05) is 0 Å². The highest BCUT2D eigenvalue weighted by atomic mass is 35.5. The average molecular weight is 409 g/mol. The summed E-state index contributed by atoms with van der Waals surface area (Å²) in [5.74, 6) is -0.828. The van der Waals surface area contributed by atoms with Crippen molar-refractivity contribution in [1.29, 1.82) is 0 Å². The molecule has 1 aromatic rings. The summed E-state index contributed by atoms with van der Waals surface area (Å²) >= 11 is 6.42. The summed E-state index contributed by atoms with van der Waals surface area (Å²) in [4.78, 5) is 23.7. The van der Waals surface area contributed by atoms with E-state index >= 15 is 0 Å². The fraction of sp³-hybridized carbons (Fsp3) is 0.538. The number of hydrogen-bond donors (Lipinski definition) is 1. The number of carbonyl (C=O) groups is 1. The molecular formula is C13H11ClF6N2O2S. The zero-order chi connectivity index (χ0) is 18.9. The number of pyridine rings is 1. The Bertz CT molecular complexity index is 701. The Kier molecular flexibility index (Phi) is 5.97. The van der Waals surface area contributed by atoms with Crippen molar-refractivity contribution >= 4 is 35.0 Å². The maximum Gasteiger partial charge on any atom is 0.421 e. The van der Waals surface area contributed by atoms with E-state index in [-0.39, 0.29) is 11.0 Å². The monoisotopic (exact) mass is 408 g/mol. The first kappa shape index (κ1) is 20.0. The Balaban J connectivity index is 2.31. The van der Waals surface area contributed by atoms with Crippen LogP contribution in [0.1, 0.15) is 12.0 Å². The summed E-state index contributed by atoms with van der Waals surface area (Å²) in [5.41, 5.74) is -3.83. The normalized spacial score (nSPS) is 23.9. The van der Waals surface area contributed by atoms with Gasteiger partial charge < -0.3 is 9.88 Å². The maximum absolute atomic E-state index is 13.3. The molecular weight excluding hydrogens is 398 g/mol. The third kappa shape index (κ3) is 4.84. The van der Waals surface area contributed by atoms with E-state index in [9.17, 15) is 35.9 Å². The van der Waals surface area contributed by atoms with E-state index < -0.39 is 58.0 Å². The van der Waals surface area contributed by atoms with Crippen molar-refractivity contribution in [3.05, 3.63) is 28.2 Å². The first-order valence-electron chi connectivity index (χ1n) is 6.83. The smallest absolute Gasteiger partial charge is 0.324 e. The lowest BCUT2D eigenvalue weighted by molar-refractivity contribution is -0.139. The number of rotatable bonds is 4. The molecule has 3 unspecified atom stereocenters. The lowest BCUT2D eigenvalue weighted by Crippen LogP contribution is -2.32. The number of halogens is 7. The molecule has 0 aromatic carbocycles. The van der Waals surface area contributed by atoms with Gasteiger partial charge in [-0.15, -0.1) is 23.4 Å². The predicted molar refractivity (Wildman–Crippen MR) is 80.9 cm³/mol. The quantitative estimate of drug-likeness (QED) is 0.613. The number of thioether (sulfide) groups is 1. The van der Waals surface area contributed by atoms with Crippen LogP contribution >= 0.6 is 23.4 Å². The van der Waals surface area contributed by atoms with Crippen LogP contribution in [0.15, 0.2) is 17.1 Å². The lowest BCUT2D eigenvalue weighted by Gasteiger charge is -2.15. The number of anilines is 1. The molecule has 0 radical (unpaired) electrons. The van der Waals surface area contributed by atoms with E-state index in [1.54, 1.807) is 0 Å². The highest BCUT2D eigenvalue weighted by Gasteiger charge is 2.39. The number of aromatic nitrogens is 1. The minimum atomic E-state index is -5.09. The summed E-state index contributed by atoms with van der Waals surface area (Å²) < 4.78 is 76.2. The Morgan fingerprint density at radius 1 is 1.44 bits per heavy atom. The Morgan fingerprint density at radius 2 is 2.08 bits per heavy atom. The van der Waals surface area contributed by atoms with E-state index in [0.717, 1.165) is 11.8 Å². The molecule has 3 atom stereocenters. The second-order valence-electron chi connectivity index (χ2n) is 5.21. The first-order chi connectivity index (χ1) is 11.5.